The van der Waals surface area contributed by atoms with E-state index >= 15 is 0 Å². The molecule has 1 amide bonds. The Labute approximate surface area is 121 Å². The van der Waals surface area contributed by atoms with Gasteiger partial charge in [0.15, 0.2) is 0 Å². The number of carbonyl (C=O) groups excluding carboxylic acids is 1. The summed E-state index contributed by atoms with van der Waals surface area (Å²) in [6.45, 7) is 0.546. The second-order valence-corrected chi connectivity index (χ2v) is 4.81. The Hall–Kier alpha value is -1.58. The van der Waals surface area contributed by atoms with Gasteiger partial charge in [0.1, 0.15) is 0 Å². The van der Waals surface area contributed by atoms with Crippen LogP contribution in [0.1, 0.15) is 15.9 Å². The number of nitrogens with one attached hydrogen (secondary N) is 1. The van der Waals surface area contributed by atoms with E-state index in [1.54, 1.807) is 30.6 Å². The summed E-state index contributed by atoms with van der Waals surface area (Å²) in [5.74, 6) is -0.164. The van der Waals surface area contributed by atoms with E-state index in [0.717, 1.165) is 12.0 Å². The molecule has 0 radical (unpaired) electrons. The predicted octanol–water partition coefficient (Wildman–Crippen LogP) is 3.36. The van der Waals surface area contributed by atoms with Crippen molar-refractivity contribution in [2.45, 2.75) is 6.42 Å². The fourth-order valence-corrected chi connectivity index (χ4v) is 1.90. The van der Waals surface area contributed by atoms with Crippen molar-refractivity contribution in [2.75, 3.05) is 6.54 Å². The van der Waals surface area contributed by atoms with Gasteiger partial charge in [-0.3, -0.25) is 9.78 Å². The van der Waals surface area contributed by atoms with E-state index in [2.05, 4.69) is 10.3 Å². The molecular weight excluding hydrogens is 283 g/mol. The molecule has 0 spiro atoms. The van der Waals surface area contributed by atoms with Crippen LogP contribution in [0.5, 0.6) is 0 Å². The van der Waals surface area contributed by atoms with Crippen LogP contribution in [0.4, 0.5) is 0 Å². The molecule has 98 valence electrons. The molecule has 0 atom stereocenters. The van der Waals surface area contributed by atoms with Crippen LogP contribution in [-0.4, -0.2) is 17.4 Å². The van der Waals surface area contributed by atoms with Crippen LogP contribution in [0.3, 0.4) is 0 Å². The molecule has 2 aromatic rings. The van der Waals surface area contributed by atoms with Crippen molar-refractivity contribution < 1.29 is 4.79 Å². The third kappa shape index (κ3) is 3.94. The highest BCUT2D eigenvalue weighted by Crippen LogP contribution is 2.22. The number of hydrogen-bond donors (Lipinski definition) is 1. The quantitative estimate of drug-likeness (QED) is 0.939. The monoisotopic (exact) mass is 294 g/mol. The van der Waals surface area contributed by atoms with Gasteiger partial charge in [-0.1, -0.05) is 29.3 Å². The molecule has 0 bridgehead atoms. The molecule has 0 unspecified atom stereocenters. The van der Waals surface area contributed by atoms with Gasteiger partial charge in [0.2, 0.25) is 0 Å². The zero-order valence-corrected chi connectivity index (χ0v) is 11.6. The number of aromatic nitrogens is 1. The summed E-state index contributed by atoms with van der Waals surface area (Å²) in [4.78, 5) is 15.9. The molecule has 0 aliphatic carbocycles. The SMILES string of the molecule is O=C(NCCc1cccnc1)c1ccc(Cl)c(Cl)c1. The molecule has 5 heteroatoms. The van der Waals surface area contributed by atoms with Gasteiger partial charge in [-0.15, -0.1) is 0 Å². The van der Waals surface area contributed by atoms with E-state index in [4.69, 9.17) is 23.2 Å². The lowest BCUT2D eigenvalue weighted by Crippen LogP contribution is -2.25. The maximum Gasteiger partial charge on any atom is 0.251 e. The molecular formula is C14H12Cl2N2O. The van der Waals surface area contributed by atoms with Crippen LogP contribution >= 0.6 is 23.2 Å². The van der Waals surface area contributed by atoms with E-state index in [1.165, 1.54) is 0 Å². The first-order valence-corrected chi connectivity index (χ1v) is 6.54. The number of halogens is 2. The summed E-state index contributed by atoms with van der Waals surface area (Å²) in [6.07, 6.45) is 4.24. The zero-order valence-electron chi connectivity index (χ0n) is 10.1. The van der Waals surface area contributed by atoms with E-state index in [-0.39, 0.29) is 5.91 Å². The van der Waals surface area contributed by atoms with Crippen LogP contribution in [-0.2, 0) is 6.42 Å². The third-order valence-corrected chi connectivity index (χ3v) is 3.34. The van der Waals surface area contributed by atoms with Gasteiger partial charge in [-0.05, 0) is 36.2 Å². The lowest BCUT2D eigenvalue weighted by molar-refractivity contribution is 0.0954. The number of rotatable bonds is 4. The standard InChI is InChI=1S/C14H12Cl2N2O/c15-12-4-3-11(8-13(12)16)14(19)18-7-5-10-2-1-6-17-9-10/h1-4,6,8-9H,5,7H2,(H,18,19). The summed E-state index contributed by atoms with van der Waals surface area (Å²) < 4.78 is 0. The summed E-state index contributed by atoms with van der Waals surface area (Å²) in [7, 11) is 0. The largest absolute Gasteiger partial charge is 0.352 e. The normalized spacial score (nSPS) is 10.2. The van der Waals surface area contributed by atoms with E-state index < -0.39 is 0 Å². The first-order valence-electron chi connectivity index (χ1n) is 5.79. The minimum Gasteiger partial charge on any atom is -0.352 e. The fraction of sp³-hybridized carbons (Fsp3) is 0.143. The summed E-state index contributed by atoms with van der Waals surface area (Å²) >= 11 is 11.7. The molecule has 1 aromatic heterocycles. The number of amides is 1. The van der Waals surface area contributed by atoms with Crippen LogP contribution in [0.2, 0.25) is 10.0 Å². The van der Waals surface area contributed by atoms with Crippen LogP contribution in [0, 0.1) is 0 Å². The first-order chi connectivity index (χ1) is 9.16. The van der Waals surface area contributed by atoms with Crippen LogP contribution < -0.4 is 5.32 Å². The number of nitrogens with zero attached hydrogens (tertiary/aromatic N) is 1. The average molecular weight is 295 g/mol. The lowest BCUT2D eigenvalue weighted by Gasteiger charge is -2.06. The second-order valence-electron chi connectivity index (χ2n) is 4.00. The maximum atomic E-state index is 11.9. The fourth-order valence-electron chi connectivity index (χ4n) is 1.61. The van der Waals surface area contributed by atoms with E-state index in [0.29, 0.717) is 22.2 Å². The van der Waals surface area contributed by atoms with Crippen LogP contribution in [0.25, 0.3) is 0 Å². The zero-order chi connectivity index (χ0) is 13.7. The molecule has 0 aliphatic rings. The second kappa shape index (κ2) is 6.55. The summed E-state index contributed by atoms with van der Waals surface area (Å²) in [5.41, 5.74) is 1.58. The smallest absolute Gasteiger partial charge is 0.251 e. The van der Waals surface area contributed by atoms with Crippen molar-refractivity contribution in [1.29, 1.82) is 0 Å². The van der Waals surface area contributed by atoms with Gasteiger partial charge in [0.05, 0.1) is 10.0 Å². The minimum atomic E-state index is -0.164. The number of hydrogen-bond acceptors (Lipinski definition) is 2. The molecule has 3 nitrogen and oxygen atoms in total. The van der Waals surface area contributed by atoms with Crippen molar-refractivity contribution >= 4 is 29.1 Å². The molecule has 1 heterocycles. The Morgan fingerprint density at radius 3 is 2.74 bits per heavy atom. The predicted molar refractivity (Wildman–Crippen MR) is 76.7 cm³/mol. The molecule has 19 heavy (non-hydrogen) atoms. The first kappa shape index (κ1) is 13.8. The molecule has 1 aromatic carbocycles. The van der Waals surface area contributed by atoms with Gasteiger partial charge < -0.3 is 5.32 Å². The third-order valence-electron chi connectivity index (χ3n) is 2.60. The van der Waals surface area contributed by atoms with Gasteiger partial charge >= 0.3 is 0 Å². The summed E-state index contributed by atoms with van der Waals surface area (Å²) in [5, 5.41) is 3.64. The Morgan fingerprint density at radius 1 is 1.21 bits per heavy atom. The minimum absolute atomic E-state index is 0.164. The highest BCUT2D eigenvalue weighted by Gasteiger charge is 2.07. The molecule has 1 N–H and O–H groups in total. The Morgan fingerprint density at radius 2 is 2.05 bits per heavy atom. The van der Waals surface area contributed by atoms with Crippen molar-refractivity contribution in [2.24, 2.45) is 0 Å². The Bertz CT molecular complexity index is 573. The highest BCUT2D eigenvalue weighted by atomic mass is 35.5. The van der Waals surface area contributed by atoms with Crippen molar-refractivity contribution in [1.82, 2.24) is 10.3 Å². The van der Waals surface area contributed by atoms with Crippen LogP contribution in [0.15, 0.2) is 42.7 Å². The molecule has 2 rings (SSSR count). The Kier molecular flexibility index (Phi) is 4.77. The number of benzene rings is 1. The molecule has 0 aliphatic heterocycles. The number of pyridine rings is 1. The van der Waals surface area contributed by atoms with Gasteiger partial charge in [0.25, 0.3) is 5.91 Å². The van der Waals surface area contributed by atoms with Gasteiger partial charge in [-0.2, -0.15) is 0 Å². The molecule has 0 saturated heterocycles. The Balaban J connectivity index is 1.89. The number of carbonyl (C=O) groups is 1. The van der Waals surface area contributed by atoms with Gasteiger partial charge in [-0.25, -0.2) is 0 Å². The molecule has 0 fully saturated rings. The van der Waals surface area contributed by atoms with E-state index in [9.17, 15) is 4.79 Å². The van der Waals surface area contributed by atoms with Crippen molar-refractivity contribution in [3.63, 3.8) is 0 Å². The highest BCUT2D eigenvalue weighted by molar-refractivity contribution is 6.42. The average Bonchev–Trinajstić information content (AvgIpc) is 2.43. The van der Waals surface area contributed by atoms with E-state index in [1.807, 2.05) is 12.1 Å². The van der Waals surface area contributed by atoms with Gasteiger partial charge in [0, 0.05) is 24.5 Å². The van der Waals surface area contributed by atoms with Crippen molar-refractivity contribution in [3.05, 3.63) is 63.9 Å². The maximum absolute atomic E-state index is 11.9. The lowest BCUT2D eigenvalue weighted by atomic mass is 10.2. The molecule has 0 saturated carbocycles. The topological polar surface area (TPSA) is 42.0 Å². The van der Waals surface area contributed by atoms with Crippen molar-refractivity contribution in [3.8, 4) is 0 Å². The summed E-state index contributed by atoms with van der Waals surface area (Å²) in [6, 6.07) is 8.66.